The van der Waals surface area contributed by atoms with Crippen LogP contribution in [0.4, 0.5) is 4.79 Å². The quantitative estimate of drug-likeness (QED) is 0.651. The van der Waals surface area contributed by atoms with E-state index in [1.54, 1.807) is 4.90 Å². The first-order chi connectivity index (χ1) is 7.61. The van der Waals surface area contributed by atoms with Gasteiger partial charge in [0.2, 0.25) is 5.91 Å². The van der Waals surface area contributed by atoms with Crippen LogP contribution in [0.15, 0.2) is 0 Å². The van der Waals surface area contributed by atoms with Crippen molar-refractivity contribution in [2.24, 2.45) is 0 Å². The Morgan fingerprint density at radius 2 is 1.81 bits per heavy atom. The lowest BCUT2D eigenvalue weighted by Gasteiger charge is -2.40. The van der Waals surface area contributed by atoms with E-state index in [4.69, 9.17) is 5.11 Å². The van der Waals surface area contributed by atoms with Crippen molar-refractivity contribution in [1.29, 1.82) is 0 Å². The Morgan fingerprint density at radius 1 is 1.19 bits per heavy atom. The van der Waals surface area contributed by atoms with Crippen molar-refractivity contribution in [2.45, 2.75) is 31.7 Å². The van der Waals surface area contributed by atoms with Gasteiger partial charge in [0.1, 0.15) is 6.04 Å². The smallest absolute Gasteiger partial charge is 0.327 e. The number of likely N-dealkylation sites (tertiary alicyclic amines) is 2. The Bertz CT molecular complexity index is 336. The van der Waals surface area contributed by atoms with Crippen molar-refractivity contribution >= 4 is 17.9 Å². The van der Waals surface area contributed by atoms with Crippen LogP contribution in [0, 0.1) is 0 Å². The lowest BCUT2D eigenvalue weighted by molar-refractivity contribution is -0.158. The van der Waals surface area contributed by atoms with Gasteiger partial charge in [-0.25, -0.2) is 14.5 Å². The second-order valence-corrected chi connectivity index (χ2v) is 4.15. The van der Waals surface area contributed by atoms with Gasteiger partial charge in [-0.1, -0.05) is 0 Å². The number of carboxylic acid groups (broad SMARTS) is 1. The maximum absolute atomic E-state index is 11.9. The normalized spacial score (nSPS) is 25.2. The van der Waals surface area contributed by atoms with Crippen molar-refractivity contribution in [2.75, 3.05) is 13.1 Å². The summed E-state index contributed by atoms with van der Waals surface area (Å²) in [5, 5.41) is 8.80. The SMILES string of the molecule is O=C(O)C1CC(=O)N1C(=O)N1CCCCC1. The Hall–Kier alpha value is -1.59. The highest BCUT2D eigenvalue weighted by molar-refractivity contribution is 6.05. The van der Waals surface area contributed by atoms with Crippen LogP contribution >= 0.6 is 0 Å². The molecule has 0 aromatic rings. The molecule has 2 saturated heterocycles. The summed E-state index contributed by atoms with van der Waals surface area (Å²) in [5.41, 5.74) is 0. The molecule has 1 atom stereocenters. The predicted octanol–water partition coefficient (Wildman–Crippen LogP) is 0.278. The molecule has 88 valence electrons. The number of piperidine rings is 1. The molecule has 0 spiro atoms. The van der Waals surface area contributed by atoms with Crippen LogP contribution < -0.4 is 0 Å². The molecule has 2 fully saturated rings. The third-order valence-corrected chi connectivity index (χ3v) is 3.07. The highest BCUT2D eigenvalue weighted by atomic mass is 16.4. The number of hydrogen-bond donors (Lipinski definition) is 1. The van der Waals surface area contributed by atoms with Crippen LogP contribution in [0.25, 0.3) is 0 Å². The van der Waals surface area contributed by atoms with Crippen LogP contribution in [0.5, 0.6) is 0 Å². The molecule has 0 bridgehead atoms. The van der Waals surface area contributed by atoms with E-state index >= 15 is 0 Å². The highest BCUT2D eigenvalue weighted by Crippen LogP contribution is 2.23. The summed E-state index contributed by atoms with van der Waals surface area (Å²) < 4.78 is 0. The molecule has 2 aliphatic rings. The zero-order chi connectivity index (χ0) is 11.7. The van der Waals surface area contributed by atoms with Gasteiger partial charge in [-0.2, -0.15) is 0 Å². The molecule has 2 aliphatic heterocycles. The van der Waals surface area contributed by atoms with Crippen molar-refractivity contribution in [1.82, 2.24) is 9.80 Å². The van der Waals surface area contributed by atoms with Gasteiger partial charge in [0.15, 0.2) is 0 Å². The number of hydrogen-bond acceptors (Lipinski definition) is 3. The van der Waals surface area contributed by atoms with E-state index < -0.39 is 18.0 Å². The van der Waals surface area contributed by atoms with Crippen LogP contribution in [0.3, 0.4) is 0 Å². The van der Waals surface area contributed by atoms with Gasteiger partial charge in [-0.3, -0.25) is 4.79 Å². The topological polar surface area (TPSA) is 77.9 Å². The van der Waals surface area contributed by atoms with E-state index in [0.29, 0.717) is 13.1 Å². The van der Waals surface area contributed by atoms with E-state index in [0.717, 1.165) is 24.2 Å². The largest absolute Gasteiger partial charge is 0.480 e. The number of amides is 3. The van der Waals surface area contributed by atoms with E-state index in [9.17, 15) is 14.4 Å². The molecule has 3 amide bonds. The van der Waals surface area contributed by atoms with Gasteiger partial charge in [0, 0.05) is 13.1 Å². The summed E-state index contributed by atoms with van der Waals surface area (Å²) >= 11 is 0. The molecule has 2 heterocycles. The van der Waals surface area contributed by atoms with Crippen molar-refractivity contribution < 1.29 is 19.5 Å². The van der Waals surface area contributed by atoms with Gasteiger partial charge in [-0.05, 0) is 19.3 Å². The minimum atomic E-state index is -1.11. The minimum absolute atomic E-state index is 0.0606. The second-order valence-electron chi connectivity index (χ2n) is 4.15. The second kappa shape index (κ2) is 4.11. The number of nitrogens with zero attached hydrogens (tertiary/aromatic N) is 2. The monoisotopic (exact) mass is 226 g/mol. The first-order valence-corrected chi connectivity index (χ1v) is 5.45. The average Bonchev–Trinajstić information content (AvgIpc) is 2.26. The van der Waals surface area contributed by atoms with E-state index in [-0.39, 0.29) is 12.3 Å². The van der Waals surface area contributed by atoms with Crippen molar-refractivity contribution in [3.8, 4) is 0 Å². The minimum Gasteiger partial charge on any atom is -0.480 e. The third-order valence-electron chi connectivity index (χ3n) is 3.07. The molecular weight excluding hydrogens is 212 g/mol. The average molecular weight is 226 g/mol. The van der Waals surface area contributed by atoms with Crippen LogP contribution in [0.1, 0.15) is 25.7 Å². The maximum atomic E-state index is 11.9. The zero-order valence-corrected chi connectivity index (χ0v) is 8.89. The molecule has 0 radical (unpaired) electrons. The Morgan fingerprint density at radius 3 is 2.31 bits per heavy atom. The van der Waals surface area contributed by atoms with Gasteiger partial charge >= 0.3 is 12.0 Å². The van der Waals surface area contributed by atoms with Gasteiger partial charge in [-0.15, -0.1) is 0 Å². The number of imide groups is 1. The Balaban J connectivity index is 2.02. The third kappa shape index (κ3) is 1.75. The molecule has 0 aromatic carbocycles. The fourth-order valence-corrected chi connectivity index (χ4v) is 2.09. The summed E-state index contributed by atoms with van der Waals surface area (Å²) in [5.74, 6) is -1.49. The number of carboxylic acids is 1. The van der Waals surface area contributed by atoms with Gasteiger partial charge in [0.25, 0.3) is 0 Å². The van der Waals surface area contributed by atoms with Gasteiger partial charge < -0.3 is 10.0 Å². The number of β-lactam (4-membered cyclic amide) rings is 1. The summed E-state index contributed by atoms with van der Waals surface area (Å²) in [6.45, 7) is 1.24. The van der Waals surface area contributed by atoms with Crippen molar-refractivity contribution in [3.63, 3.8) is 0 Å². The Labute approximate surface area is 92.8 Å². The zero-order valence-electron chi connectivity index (χ0n) is 8.89. The van der Waals surface area contributed by atoms with E-state index in [1.165, 1.54) is 0 Å². The molecular formula is C10H14N2O4. The summed E-state index contributed by atoms with van der Waals surface area (Å²) in [6, 6.07) is -1.40. The van der Waals surface area contributed by atoms with Crippen LogP contribution in [0.2, 0.25) is 0 Å². The first-order valence-electron chi connectivity index (χ1n) is 5.45. The molecule has 0 aliphatic carbocycles. The van der Waals surface area contributed by atoms with Crippen LogP contribution in [-0.2, 0) is 9.59 Å². The van der Waals surface area contributed by atoms with E-state index in [1.807, 2.05) is 0 Å². The summed E-state index contributed by atoms with van der Waals surface area (Å²) in [7, 11) is 0. The lowest BCUT2D eigenvalue weighted by Crippen LogP contribution is -2.62. The number of urea groups is 1. The maximum Gasteiger partial charge on any atom is 0.327 e. The predicted molar refractivity (Wildman–Crippen MR) is 53.7 cm³/mol. The molecule has 2 rings (SSSR count). The summed E-state index contributed by atoms with van der Waals surface area (Å²) in [4.78, 5) is 36.3. The molecule has 6 heteroatoms. The molecule has 1 N–H and O–H groups in total. The standard InChI is InChI=1S/C10H14N2O4/c13-8-6-7(9(14)15)12(8)10(16)11-4-2-1-3-5-11/h7H,1-6H2,(H,14,15). The lowest BCUT2D eigenvalue weighted by atomic mass is 10.0. The fraction of sp³-hybridized carbons (Fsp3) is 0.700. The Kier molecular flexibility index (Phi) is 2.80. The molecule has 0 saturated carbocycles. The van der Waals surface area contributed by atoms with Gasteiger partial charge in [0.05, 0.1) is 6.42 Å². The number of carbonyl (C=O) groups excluding carboxylic acids is 2. The number of carbonyl (C=O) groups is 3. The molecule has 6 nitrogen and oxygen atoms in total. The number of rotatable bonds is 1. The molecule has 1 unspecified atom stereocenters. The highest BCUT2D eigenvalue weighted by Gasteiger charge is 2.47. The fourth-order valence-electron chi connectivity index (χ4n) is 2.09. The van der Waals surface area contributed by atoms with E-state index in [2.05, 4.69) is 0 Å². The van der Waals surface area contributed by atoms with Crippen LogP contribution in [-0.4, -0.2) is 51.9 Å². The first kappa shape index (κ1) is 10.9. The van der Waals surface area contributed by atoms with Crippen molar-refractivity contribution in [3.05, 3.63) is 0 Å². The molecule has 16 heavy (non-hydrogen) atoms. The molecule has 0 aromatic heterocycles. The number of aliphatic carboxylic acids is 1. The summed E-state index contributed by atoms with van der Waals surface area (Å²) in [6.07, 6.45) is 2.87.